The van der Waals surface area contributed by atoms with E-state index < -0.39 is 0 Å². The molecule has 3 atom stereocenters. The molecular formula is C14H20Cl2N2O2. The number of amides is 1. The maximum absolute atomic E-state index is 12.1. The number of halogens is 2. The number of nitrogens with one attached hydrogen (secondary N) is 2. The summed E-state index contributed by atoms with van der Waals surface area (Å²) in [5.74, 6) is -0.193. The van der Waals surface area contributed by atoms with Crippen LogP contribution in [0.3, 0.4) is 0 Å². The van der Waals surface area contributed by atoms with Crippen LogP contribution in [0.15, 0.2) is 24.3 Å². The van der Waals surface area contributed by atoms with Crippen molar-refractivity contribution < 1.29 is 9.90 Å². The number of carbonyl (C=O) groups excluding carboxylic acids is 1. The average molecular weight is 319 g/mol. The molecular weight excluding hydrogens is 299 g/mol. The van der Waals surface area contributed by atoms with Gasteiger partial charge in [-0.15, -0.1) is 12.4 Å². The summed E-state index contributed by atoms with van der Waals surface area (Å²) in [4.78, 5) is 12.1. The fourth-order valence-electron chi connectivity index (χ4n) is 2.24. The van der Waals surface area contributed by atoms with E-state index in [-0.39, 0.29) is 36.3 Å². The van der Waals surface area contributed by atoms with E-state index in [9.17, 15) is 9.90 Å². The standard InChI is InChI=1S/C14H19ClN2O2.ClH/c1-9(10-3-2-4-12(15)5-10)14(19)17-7-11-6-16-8-13(11)18;/h2-5,9,11,13,16,18H,6-8H2,1H3,(H,17,19);1H. The number of aliphatic hydroxyl groups excluding tert-OH is 1. The van der Waals surface area contributed by atoms with E-state index in [1.165, 1.54) is 0 Å². The Balaban J connectivity index is 0.00000200. The van der Waals surface area contributed by atoms with Crippen LogP contribution in [-0.2, 0) is 4.79 Å². The predicted molar refractivity (Wildman–Crippen MR) is 82.5 cm³/mol. The second-order valence-corrected chi connectivity index (χ2v) is 5.44. The highest BCUT2D eigenvalue weighted by Gasteiger charge is 2.26. The van der Waals surface area contributed by atoms with Gasteiger partial charge in [0.1, 0.15) is 0 Å². The molecule has 0 bridgehead atoms. The molecule has 20 heavy (non-hydrogen) atoms. The number of β-amino-alcohol motifs (C(OH)–C–C–N with tert-alkyl or cyclic N) is 1. The van der Waals surface area contributed by atoms with Crippen molar-refractivity contribution in [3.63, 3.8) is 0 Å². The molecule has 1 aromatic rings. The van der Waals surface area contributed by atoms with Gasteiger partial charge in [-0.05, 0) is 24.6 Å². The van der Waals surface area contributed by atoms with Gasteiger partial charge >= 0.3 is 0 Å². The summed E-state index contributed by atoms with van der Waals surface area (Å²) in [5, 5.41) is 16.3. The van der Waals surface area contributed by atoms with Crippen LogP contribution in [0.25, 0.3) is 0 Å². The van der Waals surface area contributed by atoms with Crippen molar-refractivity contribution in [3.8, 4) is 0 Å². The Labute approximate surface area is 130 Å². The average Bonchev–Trinajstić information content (AvgIpc) is 2.80. The smallest absolute Gasteiger partial charge is 0.227 e. The molecule has 1 amide bonds. The molecule has 3 N–H and O–H groups in total. The monoisotopic (exact) mass is 318 g/mol. The zero-order valence-electron chi connectivity index (χ0n) is 11.3. The van der Waals surface area contributed by atoms with Gasteiger partial charge in [-0.2, -0.15) is 0 Å². The molecule has 0 saturated carbocycles. The molecule has 1 fully saturated rings. The highest BCUT2D eigenvalue weighted by atomic mass is 35.5. The minimum atomic E-state index is -0.373. The number of benzene rings is 1. The van der Waals surface area contributed by atoms with Crippen molar-refractivity contribution in [2.75, 3.05) is 19.6 Å². The van der Waals surface area contributed by atoms with Crippen LogP contribution < -0.4 is 10.6 Å². The van der Waals surface area contributed by atoms with Crippen molar-refractivity contribution in [1.29, 1.82) is 0 Å². The highest BCUT2D eigenvalue weighted by Crippen LogP contribution is 2.19. The third-order valence-corrected chi connectivity index (χ3v) is 3.82. The topological polar surface area (TPSA) is 61.4 Å². The van der Waals surface area contributed by atoms with E-state index in [2.05, 4.69) is 10.6 Å². The molecule has 1 heterocycles. The second kappa shape index (κ2) is 7.84. The van der Waals surface area contributed by atoms with Gasteiger partial charge < -0.3 is 15.7 Å². The zero-order chi connectivity index (χ0) is 13.8. The van der Waals surface area contributed by atoms with Crippen molar-refractivity contribution in [3.05, 3.63) is 34.9 Å². The van der Waals surface area contributed by atoms with Crippen LogP contribution >= 0.6 is 24.0 Å². The van der Waals surface area contributed by atoms with Gasteiger partial charge in [-0.3, -0.25) is 4.79 Å². The lowest BCUT2D eigenvalue weighted by molar-refractivity contribution is -0.122. The van der Waals surface area contributed by atoms with Crippen LogP contribution in [-0.4, -0.2) is 36.8 Å². The summed E-state index contributed by atoms with van der Waals surface area (Å²) < 4.78 is 0. The maximum Gasteiger partial charge on any atom is 0.227 e. The molecule has 2 rings (SSSR count). The quantitative estimate of drug-likeness (QED) is 0.789. The predicted octanol–water partition coefficient (Wildman–Crippen LogP) is 1.56. The Bertz CT molecular complexity index is 457. The summed E-state index contributed by atoms with van der Waals surface area (Å²) in [6.45, 7) is 3.69. The van der Waals surface area contributed by atoms with Gasteiger partial charge in [0.25, 0.3) is 0 Å². The second-order valence-electron chi connectivity index (χ2n) is 5.01. The SMILES string of the molecule is CC(C(=O)NCC1CNCC1O)c1cccc(Cl)c1.Cl. The van der Waals surface area contributed by atoms with Crippen LogP contribution in [0.4, 0.5) is 0 Å². The number of rotatable bonds is 4. The van der Waals surface area contributed by atoms with E-state index in [1.807, 2.05) is 19.1 Å². The van der Waals surface area contributed by atoms with Crippen LogP contribution in [0.5, 0.6) is 0 Å². The van der Waals surface area contributed by atoms with Crippen LogP contribution in [0.2, 0.25) is 5.02 Å². The maximum atomic E-state index is 12.1. The summed E-state index contributed by atoms with van der Waals surface area (Å²) in [6, 6.07) is 7.32. The number of carbonyl (C=O) groups is 1. The molecule has 4 nitrogen and oxygen atoms in total. The van der Waals surface area contributed by atoms with Crippen LogP contribution in [0.1, 0.15) is 18.4 Å². The lowest BCUT2D eigenvalue weighted by atomic mass is 10.00. The highest BCUT2D eigenvalue weighted by molar-refractivity contribution is 6.30. The first-order valence-corrected chi connectivity index (χ1v) is 6.87. The van der Waals surface area contributed by atoms with E-state index in [1.54, 1.807) is 12.1 Å². The van der Waals surface area contributed by atoms with Gasteiger partial charge in [-0.1, -0.05) is 23.7 Å². The third-order valence-electron chi connectivity index (χ3n) is 3.58. The fraction of sp³-hybridized carbons (Fsp3) is 0.500. The Morgan fingerprint density at radius 1 is 1.55 bits per heavy atom. The Kier molecular flexibility index (Phi) is 6.76. The third kappa shape index (κ3) is 4.35. The molecule has 0 aromatic heterocycles. The molecule has 3 unspecified atom stereocenters. The van der Waals surface area contributed by atoms with Crippen molar-refractivity contribution in [2.24, 2.45) is 5.92 Å². The molecule has 0 spiro atoms. The van der Waals surface area contributed by atoms with Gasteiger partial charge in [-0.25, -0.2) is 0 Å². The fourth-order valence-corrected chi connectivity index (χ4v) is 2.44. The molecule has 1 saturated heterocycles. The molecule has 1 aromatic carbocycles. The summed E-state index contributed by atoms with van der Waals surface area (Å²) >= 11 is 5.92. The summed E-state index contributed by atoms with van der Waals surface area (Å²) in [5.41, 5.74) is 0.898. The molecule has 0 radical (unpaired) electrons. The van der Waals surface area contributed by atoms with Crippen molar-refractivity contribution >= 4 is 29.9 Å². The number of hydrogen-bond donors (Lipinski definition) is 3. The van der Waals surface area contributed by atoms with E-state index in [0.29, 0.717) is 18.1 Å². The lowest BCUT2D eigenvalue weighted by Gasteiger charge is -2.17. The largest absolute Gasteiger partial charge is 0.391 e. The Hall–Kier alpha value is -0.810. The Morgan fingerprint density at radius 2 is 2.30 bits per heavy atom. The number of hydrogen-bond acceptors (Lipinski definition) is 3. The molecule has 1 aliphatic rings. The lowest BCUT2D eigenvalue weighted by Crippen LogP contribution is -2.36. The Morgan fingerprint density at radius 3 is 2.90 bits per heavy atom. The normalized spacial score (nSPS) is 22.9. The molecule has 6 heteroatoms. The number of aliphatic hydroxyl groups is 1. The minimum Gasteiger partial charge on any atom is -0.391 e. The van der Waals surface area contributed by atoms with E-state index in [4.69, 9.17) is 11.6 Å². The first-order chi connectivity index (χ1) is 9.08. The molecule has 0 aliphatic carbocycles. The van der Waals surface area contributed by atoms with Gasteiger partial charge in [0.15, 0.2) is 0 Å². The minimum absolute atomic E-state index is 0. The van der Waals surface area contributed by atoms with Gasteiger partial charge in [0, 0.05) is 30.6 Å². The van der Waals surface area contributed by atoms with Gasteiger partial charge in [0.05, 0.1) is 12.0 Å². The molecule has 112 valence electrons. The summed E-state index contributed by atoms with van der Waals surface area (Å²) in [6.07, 6.45) is -0.373. The van der Waals surface area contributed by atoms with Crippen molar-refractivity contribution in [2.45, 2.75) is 18.9 Å². The van der Waals surface area contributed by atoms with Crippen molar-refractivity contribution in [1.82, 2.24) is 10.6 Å². The first-order valence-electron chi connectivity index (χ1n) is 6.50. The van der Waals surface area contributed by atoms with Gasteiger partial charge in [0.2, 0.25) is 5.91 Å². The summed E-state index contributed by atoms with van der Waals surface area (Å²) in [7, 11) is 0. The molecule has 1 aliphatic heterocycles. The van der Waals surface area contributed by atoms with E-state index in [0.717, 1.165) is 12.1 Å². The first kappa shape index (κ1) is 17.2. The van der Waals surface area contributed by atoms with E-state index >= 15 is 0 Å². The zero-order valence-corrected chi connectivity index (χ0v) is 12.9. The van der Waals surface area contributed by atoms with Crippen LogP contribution in [0, 0.1) is 5.92 Å².